The van der Waals surface area contributed by atoms with E-state index in [1.807, 2.05) is 24.3 Å². The number of ether oxygens (including phenoxy) is 1. The van der Waals surface area contributed by atoms with Gasteiger partial charge >= 0.3 is 11.7 Å². The molecule has 11 heteroatoms. The Bertz CT molecular complexity index is 1330. The first-order chi connectivity index (χ1) is 15.8. The molecular weight excluding hydrogens is 451 g/mol. The summed E-state index contributed by atoms with van der Waals surface area (Å²) in [5.74, 6) is -2.63. The van der Waals surface area contributed by atoms with Gasteiger partial charge in [0.1, 0.15) is 17.4 Å². The van der Waals surface area contributed by atoms with Gasteiger partial charge in [0.15, 0.2) is 6.10 Å². The highest BCUT2D eigenvalue weighted by molar-refractivity contribution is 7.18. The molecule has 4 aromatic rings. The van der Waals surface area contributed by atoms with Crippen LogP contribution in [0.3, 0.4) is 0 Å². The second kappa shape index (κ2) is 9.33. The molecule has 4 rings (SSSR count). The second-order valence-electron chi connectivity index (χ2n) is 7.24. The standard InChI is InChI=1S/C22H19FN4O5S/c1-13(21(29)26(2)11-18-24-16-5-3-4-6-17(16)33-18)31-19(28)12-27-22(30)32-20(25-27)14-7-9-15(23)10-8-14/h3-10,13H,11-12H2,1-2H3. The van der Waals surface area contributed by atoms with Gasteiger partial charge in [0, 0.05) is 12.6 Å². The van der Waals surface area contributed by atoms with Crippen molar-refractivity contribution < 1.29 is 23.1 Å². The van der Waals surface area contributed by atoms with Gasteiger partial charge in [-0.3, -0.25) is 9.59 Å². The Kier molecular flexibility index (Phi) is 6.31. The molecule has 0 spiro atoms. The van der Waals surface area contributed by atoms with Crippen LogP contribution in [0, 0.1) is 5.82 Å². The van der Waals surface area contributed by atoms with Crippen molar-refractivity contribution in [3.05, 3.63) is 69.9 Å². The number of thiazole rings is 1. The zero-order valence-corrected chi connectivity index (χ0v) is 18.5. The van der Waals surface area contributed by atoms with Crippen molar-refractivity contribution in [3.8, 4) is 11.5 Å². The van der Waals surface area contributed by atoms with Crippen LogP contribution in [-0.4, -0.2) is 44.7 Å². The van der Waals surface area contributed by atoms with Crippen molar-refractivity contribution in [2.45, 2.75) is 26.1 Å². The summed E-state index contributed by atoms with van der Waals surface area (Å²) in [6.07, 6.45) is -1.07. The molecular formula is C22H19FN4O5S. The second-order valence-corrected chi connectivity index (χ2v) is 8.35. The van der Waals surface area contributed by atoms with E-state index in [2.05, 4.69) is 10.1 Å². The minimum Gasteiger partial charge on any atom is -0.451 e. The van der Waals surface area contributed by atoms with Crippen molar-refractivity contribution >= 4 is 33.4 Å². The van der Waals surface area contributed by atoms with Crippen molar-refractivity contribution in [2.75, 3.05) is 7.05 Å². The zero-order chi connectivity index (χ0) is 23.5. The predicted molar refractivity (Wildman–Crippen MR) is 118 cm³/mol. The van der Waals surface area contributed by atoms with Crippen LogP contribution in [-0.2, 0) is 27.4 Å². The van der Waals surface area contributed by atoms with E-state index in [1.165, 1.54) is 47.4 Å². The average Bonchev–Trinajstić information content (AvgIpc) is 3.36. The van der Waals surface area contributed by atoms with E-state index in [0.717, 1.165) is 19.9 Å². The van der Waals surface area contributed by atoms with Gasteiger partial charge in [0.25, 0.3) is 5.91 Å². The van der Waals surface area contributed by atoms with E-state index in [1.54, 1.807) is 7.05 Å². The number of hydrogen-bond donors (Lipinski definition) is 0. The molecule has 0 aliphatic heterocycles. The Morgan fingerprint density at radius 3 is 2.67 bits per heavy atom. The van der Waals surface area contributed by atoms with Gasteiger partial charge < -0.3 is 14.1 Å². The number of para-hydroxylation sites is 1. The van der Waals surface area contributed by atoms with Gasteiger partial charge in [-0.05, 0) is 43.3 Å². The van der Waals surface area contributed by atoms with Crippen LogP contribution in [0.25, 0.3) is 21.7 Å². The first kappa shape index (κ1) is 22.3. The molecule has 0 saturated carbocycles. The lowest BCUT2D eigenvalue weighted by molar-refractivity contribution is -0.159. The van der Waals surface area contributed by atoms with Crippen LogP contribution < -0.4 is 5.76 Å². The summed E-state index contributed by atoms with van der Waals surface area (Å²) in [5.41, 5.74) is 1.23. The quantitative estimate of drug-likeness (QED) is 0.382. The maximum Gasteiger partial charge on any atom is 0.437 e. The van der Waals surface area contributed by atoms with E-state index in [9.17, 15) is 18.8 Å². The van der Waals surface area contributed by atoms with Crippen LogP contribution in [0.5, 0.6) is 0 Å². The zero-order valence-electron chi connectivity index (χ0n) is 17.7. The highest BCUT2D eigenvalue weighted by atomic mass is 32.1. The summed E-state index contributed by atoms with van der Waals surface area (Å²) in [7, 11) is 1.59. The van der Waals surface area contributed by atoms with Crippen molar-refractivity contribution in [1.29, 1.82) is 0 Å². The maximum absolute atomic E-state index is 13.1. The minimum absolute atomic E-state index is 0.0625. The monoisotopic (exact) mass is 470 g/mol. The molecule has 1 amide bonds. The first-order valence-corrected chi connectivity index (χ1v) is 10.7. The Morgan fingerprint density at radius 2 is 1.94 bits per heavy atom. The number of amides is 1. The minimum atomic E-state index is -1.07. The molecule has 170 valence electrons. The molecule has 1 atom stereocenters. The number of esters is 1. The van der Waals surface area contributed by atoms with Gasteiger partial charge in [-0.15, -0.1) is 16.4 Å². The number of nitrogens with zero attached hydrogens (tertiary/aromatic N) is 4. The van der Waals surface area contributed by atoms with Gasteiger partial charge in [-0.1, -0.05) is 12.1 Å². The number of hydrogen-bond acceptors (Lipinski definition) is 8. The summed E-state index contributed by atoms with van der Waals surface area (Å²) in [5, 5.41) is 4.68. The van der Waals surface area contributed by atoms with Gasteiger partial charge in [0.2, 0.25) is 5.89 Å². The number of aromatic nitrogens is 3. The van der Waals surface area contributed by atoms with Gasteiger partial charge in [0.05, 0.1) is 16.8 Å². The summed E-state index contributed by atoms with van der Waals surface area (Å²) >= 11 is 1.48. The fraction of sp³-hybridized carbons (Fsp3) is 0.227. The normalized spacial score (nSPS) is 12.0. The molecule has 1 unspecified atom stereocenters. The molecule has 0 aliphatic carbocycles. The van der Waals surface area contributed by atoms with E-state index in [-0.39, 0.29) is 12.4 Å². The lowest BCUT2D eigenvalue weighted by atomic mass is 10.2. The molecule has 0 saturated heterocycles. The third-order valence-corrected chi connectivity index (χ3v) is 5.74. The smallest absolute Gasteiger partial charge is 0.437 e. The Morgan fingerprint density at radius 1 is 1.21 bits per heavy atom. The fourth-order valence-corrected chi connectivity index (χ4v) is 4.12. The number of fused-ring (bicyclic) bond motifs is 1. The molecule has 2 heterocycles. The first-order valence-electron chi connectivity index (χ1n) is 9.93. The fourth-order valence-electron chi connectivity index (χ4n) is 3.10. The highest BCUT2D eigenvalue weighted by Crippen LogP contribution is 2.22. The molecule has 0 N–H and O–H groups in total. The molecule has 0 bridgehead atoms. The van der Waals surface area contributed by atoms with Crippen molar-refractivity contribution in [3.63, 3.8) is 0 Å². The van der Waals surface area contributed by atoms with Crippen LogP contribution in [0.15, 0.2) is 57.7 Å². The Balaban J connectivity index is 1.35. The van der Waals surface area contributed by atoms with Crippen LogP contribution in [0.4, 0.5) is 4.39 Å². The number of carbonyl (C=O) groups is 2. The van der Waals surface area contributed by atoms with Gasteiger partial charge in [-0.2, -0.15) is 4.68 Å². The highest BCUT2D eigenvalue weighted by Gasteiger charge is 2.23. The van der Waals surface area contributed by atoms with E-state index >= 15 is 0 Å². The summed E-state index contributed by atoms with van der Waals surface area (Å²) in [6, 6.07) is 12.8. The molecule has 0 fully saturated rings. The molecule has 0 radical (unpaired) electrons. The lowest BCUT2D eigenvalue weighted by Crippen LogP contribution is -2.38. The average molecular weight is 470 g/mol. The third-order valence-electron chi connectivity index (χ3n) is 4.72. The molecule has 0 aliphatic rings. The summed E-state index contributed by atoms with van der Waals surface area (Å²) in [4.78, 5) is 42.8. The largest absolute Gasteiger partial charge is 0.451 e. The van der Waals surface area contributed by atoms with E-state index in [4.69, 9.17) is 9.15 Å². The lowest BCUT2D eigenvalue weighted by Gasteiger charge is -2.20. The third kappa shape index (κ3) is 5.14. The topological polar surface area (TPSA) is 108 Å². The molecule has 2 aromatic heterocycles. The molecule has 2 aromatic carbocycles. The van der Waals surface area contributed by atoms with Crippen molar-refractivity contribution in [2.24, 2.45) is 0 Å². The maximum atomic E-state index is 13.1. The summed E-state index contributed by atoms with van der Waals surface area (Å²) in [6.45, 7) is 1.18. The predicted octanol–water partition coefficient (Wildman–Crippen LogP) is 2.84. The van der Waals surface area contributed by atoms with Crippen LogP contribution >= 0.6 is 11.3 Å². The number of benzene rings is 2. The van der Waals surface area contributed by atoms with Gasteiger partial charge in [-0.25, -0.2) is 14.2 Å². The number of halogens is 1. The summed E-state index contributed by atoms with van der Waals surface area (Å²) < 4.78 is 25.1. The molecule has 9 nitrogen and oxygen atoms in total. The van der Waals surface area contributed by atoms with Crippen LogP contribution in [0.2, 0.25) is 0 Å². The number of rotatable bonds is 7. The van der Waals surface area contributed by atoms with Crippen LogP contribution in [0.1, 0.15) is 11.9 Å². The number of carbonyl (C=O) groups excluding carboxylic acids is 2. The van der Waals surface area contributed by atoms with E-state index in [0.29, 0.717) is 5.56 Å². The SMILES string of the molecule is CC(OC(=O)Cn1nc(-c2ccc(F)cc2)oc1=O)C(=O)N(C)Cc1nc2ccccc2s1. The Hall–Kier alpha value is -3.86. The molecule has 33 heavy (non-hydrogen) atoms. The number of likely N-dealkylation sites (N-methyl/N-ethyl adjacent to an activating group) is 1. The Labute approximate surface area is 191 Å². The van der Waals surface area contributed by atoms with E-state index < -0.39 is 36.1 Å². The van der Waals surface area contributed by atoms with Crippen molar-refractivity contribution in [1.82, 2.24) is 19.7 Å².